The summed E-state index contributed by atoms with van der Waals surface area (Å²) in [4.78, 5) is 25.6. The number of benzene rings is 1. The molecular formula is C14H14Cl2N2O2. The number of nitrogens with zero attached hydrogens (tertiary/aromatic N) is 1. The molecule has 0 radical (unpaired) electrons. The van der Waals surface area contributed by atoms with Gasteiger partial charge in [0.05, 0.1) is 17.7 Å². The van der Waals surface area contributed by atoms with Crippen molar-refractivity contribution in [2.24, 2.45) is 0 Å². The third-order valence-corrected chi connectivity index (χ3v) is 3.89. The molecule has 0 aliphatic carbocycles. The zero-order valence-electron chi connectivity index (χ0n) is 10.7. The molecule has 0 bridgehead atoms. The van der Waals surface area contributed by atoms with Crippen LogP contribution in [0.2, 0.25) is 0 Å². The van der Waals surface area contributed by atoms with E-state index >= 15 is 0 Å². The Bertz CT molecular complexity index is 556. The fourth-order valence-electron chi connectivity index (χ4n) is 2.43. The zero-order chi connectivity index (χ0) is 13.4. The molecule has 1 aromatic rings. The van der Waals surface area contributed by atoms with Gasteiger partial charge < -0.3 is 5.32 Å². The lowest BCUT2D eigenvalue weighted by atomic mass is 10.1. The second-order valence-electron chi connectivity index (χ2n) is 4.68. The van der Waals surface area contributed by atoms with Gasteiger partial charge in [-0.05, 0) is 30.7 Å². The number of hydrogen-bond acceptors (Lipinski definition) is 3. The molecule has 0 atom stereocenters. The molecule has 4 nitrogen and oxygen atoms in total. The minimum Gasteiger partial charge on any atom is -0.313 e. The van der Waals surface area contributed by atoms with Crippen molar-refractivity contribution in [2.45, 2.75) is 6.42 Å². The van der Waals surface area contributed by atoms with Gasteiger partial charge in [-0.15, -0.1) is 12.4 Å². The van der Waals surface area contributed by atoms with Gasteiger partial charge in [0.1, 0.15) is 0 Å². The van der Waals surface area contributed by atoms with E-state index in [1.165, 1.54) is 4.90 Å². The van der Waals surface area contributed by atoms with Crippen molar-refractivity contribution in [3.05, 3.63) is 46.0 Å². The number of carbonyl (C=O) groups is 2. The van der Waals surface area contributed by atoms with E-state index in [1.807, 2.05) is 0 Å². The number of rotatable bonds is 2. The summed E-state index contributed by atoms with van der Waals surface area (Å²) in [6.07, 6.45) is 0.877. The Morgan fingerprint density at radius 1 is 1.20 bits per heavy atom. The SMILES string of the molecule is Cl.O=C1c2ccccc2C(=O)N1C/C(Cl)=C1\CCNC1. The molecule has 2 aliphatic heterocycles. The molecule has 1 aromatic carbocycles. The van der Waals surface area contributed by atoms with E-state index in [1.54, 1.807) is 24.3 Å². The van der Waals surface area contributed by atoms with Crippen LogP contribution in [-0.2, 0) is 0 Å². The van der Waals surface area contributed by atoms with Crippen LogP contribution in [0.15, 0.2) is 34.9 Å². The fourth-order valence-corrected chi connectivity index (χ4v) is 2.71. The standard InChI is InChI=1S/C14H13ClN2O2.ClH/c15-12(9-5-6-16-7-9)8-17-13(18)10-3-1-2-4-11(10)14(17)19;/h1-4,16H,5-8H2;1H/b12-9-;. The largest absolute Gasteiger partial charge is 0.313 e. The lowest BCUT2D eigenvalue weighted by Gasteiger charge is -2.14. The topological polar surface area (TPSA) is 49.4 Å². The van der Waals surface area contributed by atoms with Gasteiger partial charge >= 0.3 is 0 Å². The maximum atomic E-state index is 12.2. The van der Waals surface area contributed by atoms with Crippen LogP contribution in [0, 0.1) is 0 Å². The molecule has 1 fully saturated rings. The second kappa shape index (κ2) is 5.95. The third kappa shape index (κ3) is 2.46. The molecule has 0 aromatic heterocycles. The molecule has 20 heavy (non-hydrogen) atoms. The Morgan fingerprint density at radius 3 is 2.30 bits per heavy atom. The molecule has 2 aliphatic rings. The van der Waals surface area contributed by atoms with E-state index in [4.69, 9.17) is 11.6 Å². The van der Waals surface area contributed by atoms with Crippen LogP contribution in [0.4, 0.5) is 0 Å². The highest BCUT2D eigenvalue weighted by atomic mass is 35.5. The second-order valence-corrected chi connectivity index (χ2v) is 5.13. The first kappa shape index (κ1) is 15.0. The Hall–Kier alpha value is -1.36. The maximum Gasteiger partial charge on any atom is 0.261 e. The first-order valence-electron chi connectivity index (χ1n) is 6.21. The predicted molar refractivity (Wildman–Crippen MR) is 79.4 cm³/mol. The summed E-state index contributed by atoms with van der Waals surface area (Å²) in [5.74, 6) is -0.518. The Balaban J connectivity index is 0.00000147. The van der Waals surface area contributed by atoms with Crippen LogP contribution in [0.5, 0.6) is 0 Å². The van der Waals surface area contributed by atoms with Crippen LogP contribution in [0.1, 0.15) is 27.1 Å². The van der Waals surface area contributed by atoms with Gasteiger partial charge in [0.15, 0.2) is 0 Å². The summed E-state index contributed by atoms with van der Waals surface area (Å²) < 4.78 is 0. The monoisotopic (exact) mass is 312 g/mol. The first-order chi connectivity index (χ1) is 9.18. The highest BCUT2D eigenvalue weighted by Crippen LogP contribution is 2.25. The minimum atomic E-state index is -0.259. The third-order valence-electron chi connectivity index (χ3n) is 3.50. The van der Waals surface area contributed by atoms with Crippen molar-refractivity contribution in [3.63, 3.8) is 0 Å². The van der Waals surface area contributed by atoms with E-state index in [-0.39, 0.29) is 30.8 Å². The molecule has 3 rings (SSSR count). The van der Waals surface area contributed by atoms with Gasteiger partial charge in [-0.2, -0.15) is 0 Å². The van der Waals surface area contributed by atoms with Gasteiger partial charge in [0.2, 0.25) is 0 Å². The van der Waals surface area contributed by atoms with Crippen molar-refractivity contribution in [2.75, 3.05) is 19.6 Å². The summed E-state index contributed by atoms with van der Waals surface area (Å²) in [5.41, 5.74) is 2.01. The zero-order valence-corrected chi connectivity index (χ0v) is 12.3. The van der Waals surface area contributed by atoms with E-state index in [2.05, 4.69) is 5.32 Å². The highest BCUT2D eigenvalue weighted by molar-refractivity contribution is 6.31. The van der Waals surface area contributed by atoms with Gasteiger partial charge in [0, 0.05) is 11.6 Å². The quantitative estimate of drug-likeness (QED) is 0.852. The number of amides is 2. The molecule has 2 amide bonds. The van der Waals surface area contributed by atoms with E-state index in [0.29, 0.717) is 16.2 Å². The van der Waals surface area contributed by atoms with Gasteiger partial charge in [-0.3, -0.25) is 14.5 Å². The van der Waals surface area contributed by atoms with Crippen LogP contribution >= 0.6 is 24.0 Å². The number of imide groups is 1. The Morgan fingerprint density at radius 2 is 1.80 bits per heavy atom. The van der Waals surface area contributed by atoms with Gasteiger partial charge in [-0.1, -0.05) is 23.7 Å². The van der Waals surface area contributed by atoms with Gasteiger partial charge in [-0.25, -0.2) is 0 Å². The molecule has 6 heteroatoms. The predicted octanol–water partition coefficient (Wildman–Crippen LogP) is 2.19. The molecular weight excluding hydrogens is 299 g/mol. The van der Waals surface area contributed by atoms with Crippen LogP contribution in [0.25, 0.3) is 0 Å². The maximum absolute atomic E-state index is 12.2. The summed E-state index contributed by atoms with van der Waals surface area (Å²) in [5, 5.41) is 3.78. The normalized spacial score (nSPS) is 19.9. The van der Waals surface area contributed by atoms with Gasteiger partial charge in [0.25, 0.3) is 11.8 Å². The number of hydrogen-bond donors (Lipinski definition) is 1. The number of nitrogens with one attached hydrogen (secondary N) is 1. The van der Waals surface area contributed by atoms with Crippen molar-refractivity contribution < 1.29 is 9.59 Å². The smallest absolute Gasteiger partial charge is 0.261 e. The van der Waals surface area contributed by atoms with Crippen LogP contribution in [0.3, 0.4) is 0 Å². The average molecular weight is 313 g/mol. The Labute approximate surface area is 128 Å². The number of carbonyl (C=O) groups excluding carboxylic acids is 2. The molecule has 0 saturated carbocycles. The molecule has 1 N–H and O–H groups in total. The fraction of sp³-hybridized carbons (Fsp3) is 0.286. The number of fused-ring (bicyclic) bond motifs is 1. The minimum absolute atomic E-state index is 0. The lowest BCUT2D eigenvalue weighted by molar-refractivity contribution is 0.0670. The van der Waals surface area contributed by atoms with E-state index < -0.39 is 0 Å². The number of halogens is 2. The molecule has 1 saturated heterocycles. The summed E-state index contributed by atoms with van der Waals surface area (Å²) in [7, 11) is 0. The van der Waals surface area contributed by atoms with Crippen molar-refractivity contribution in [3.8, 4) is 0 Å². The highest BCUT2D eigenvalue weighted by Gasteiger charge is 2.35. The summed E-state index contributed by atoms with van der Waals surface area (Å²) >= 11 is 6.23. The van der Waals surface area contributed by atoms with Crippen molar-refractivity contribution >= 4 is 35.8 Å². The average Bonchev–Trinajstić information content (AvgIpc) is 3.03. The first-order valence-corrected chi connectivity index (χ1v) is 6.58. The lowest BCUT2D eigenvalue weighted by Crippen LogP contribution is -2.31. The Kier molecular flexibility index (Phi) is 4.48. The van der Waals surface area contributed by atoms with Crippen LogP contribution < -0.4 is 5.32 Å². The summed E-state index contributed by atoms with van der Waals surface area (Å²) in [6, 6.07) is 6.87. The van der Waals surface area contributed by atoms with E-state index in [9.17, 15) is 9.59 Å². The van der Waals surface area contributed by atoms with Crippen molar-refractivity contribution in [1.29, 1.82) is 0 Å². The van der Waals surface area contributed by atoms with Crippen LogP contribution in [-0.4, -0.2) is 36.3 Å². The summed E-state index contributed by atoms with van der Waals surface area (Å²) in [6.45, 7) is 1.81. The van der Waals surface area contributed by atoms with E-state index in [0.717, 1.165) is 25.1 Å². The molecule has 106 valence electrons. The molecule has 0 unspecified atom stereocenters. The molecule has 0 spiro atoms. The van der Waals surface area contributed by atoms with Crippen molar-refractivity contribution in [1.82, 2.24) is 10.2 Å². The molecule has 2 heterocycles.